The van der Waals surface area contributed by atoms with Crippen molar-refractivity contribution in [1.82, 2.24) is 10.2 Å². The fourth-order valence-corrected chi connectivity index (χ4v) is 2.27. The molecule has 2 N–H and O–H groups in total. The lowest BCUT2D eigenvalue weighted by atomic mass is 9.79. The highest BCUT2D eigenvalue weighted by Gasteiger charge is 2.20. The van der Waals surface area contributed by atoms with Gasteiger partial charge >= 0.3 is 5.97 Å². The van der Waals surface area contributed by atoms with Crippen molar-refractivity contribution in [1.29, 1.82) is 0 Å². The van der Waals surface area contributed by atoms with Crippen molar-refractivity contribution in [3.05, 3.63) is 41.6 Å². The molecule has 1 aromatic carbocycles. The van der Waals surface area contributed by atoms with Crippen LogP contribution in [-0.2, 0) is 0 Å². The summed E-state index contributed by atoms with van der Waals surface area (Å²) in [6, 6.07) is 9.80. The molecule has 1 aliphatic carbocycles. The maximum atomic E-state index is 10.8. The third-order valence-electron chi connectivity index (χ3n) is 3.57. The Morgan fingerprint density at radius 1 is 1.33 bits per heavy atom. The van der Waals surface area contributed by atoms with Gasteiger partial charge in [-0.2, -0.15) is 5.10 Å². The molecular weight excluding hydrogens is 228 g/mol. The number of aromatic carboxylic acids is 1. The van der Waals surface area contributed by atoms with Gasteiger partial charge in [0.05, 0.1) is 5.69 Å². The topological polar surface area (TPSA) is 66.0 Å². The number of carboxylic acids is 1. The molecule has 1 aromatic heterocycles. The predicted molar refractivity (Wildman–Crippen MR) is 67.6 cm³/mol. The summed E-state index contributed by atoms with van der Waals surface area (Å²) in [5.41, 5.74) is 3.12. The largest absolute Gasteiger partial charge is 0.477 e. The van der Waals surface area contributed by atoms with Crippen molar-refractivity contribution in [3.63, 3.8) is 0 Å². The number of rotatable bonds is 3. The Labute approximate surface area is 105 Å². The lowest BCUT2D eigenvalue weighted by Gasteiger charge is -2.26. The molecule has 0 saturated heterocycles. The fourth-order valence-electron chi connectivity index (χ4n) is 2.27. The lowest BCUT2D eigenvalue weighted by molar-refractivity contribution is 0.0690. The van der Waals surface area contributed by atoms with Gasteiger partial charge in [-0.3, -0.25) is 5.10 Å². The molecule has 4 nitrogen and oxygen atoms in total. The Bertz CT molecular complexity index is 585. The van der Waals surface area contributed by atoms with E-state index in [2.05, 4.69) is 22.3 Å². The number of aromatic nitrogens is 2. The second kappa shape index (κ2) is 4.29. The predicted octanol–water partition coefficient (Wildman–Crippen LogP) is 3.04. The van der Waals surface area contributed by atoms with Crippen molar-refractivity contribution >= 4 is 5.97 Å². The summed E-state index contributed by atoms with van der Waals surface area (Å²) in [7, 11) is 0. The van der Waals surface area contributed by atoms with Crippen LogP contribution >= 0.6 is 0 Å². The minimum atomic E-state index is -0.983. The monoisotopic (exact) mass is 242 g/mol. The van der Waals surface area contributed by atoms with Gasteiger partial charge in [0.1, 0.15) is 5.69 Å². The minimum absolute atomic E-state index is 0.124. The van der Waals surface area contributed by atoms with Crippen molar-refractivity contribution in [3.8, 4) is 11.3 Å². The van der Waals surface area contributed by atoms with Gasteiger partial charge in [-0.15, -0.1) is 0 Å². The van der Waals surface area contributed by atoms with Crippen molar-refractivity contribution in [2.75, 3.05) is 0 Å². The van der Waals surface area contributed by atoms with E-state index in [0.29, 0.717) is 11.6 Å². The van der Waals surface area contributed by atoms with E-state index < -0.39 is 5.97 Å². The number of aromatic amines is 1. The Hall–Kier alpha value is -2.10. The van der Waals surface area contributed by atoms with E-state index >= 15 is 0 Å². The first-order valence-corrected chi connectivity index (χ1v) is 6.13. The van der Waals surface area contributed by atoms with Crippen molar-refractivity contribution < 1.29 is 9.90 Å². The Kier molecular flexibility index (Phi) is 2.63. The van der Waals surface area contributed by atoms with E-state index in [4.69, 9.17) is 5.11 Å². The number of nitrogens with one attached hydrogen (secondary N) is 1. The maximum absolute atomic E-state index is 10.8. The van der Waals surface area contributed by atoms with Gasteiger partial charge in [-0.05, 0) is 36.5 Å². The van der Waals surface area contributed by atoms with Crippen molar-refractivity contribution in [2.24, 2.45) is 0 Å². The van der Waals surface area contributed by atoms with E-state index in [1.807, 2.05) is 12.1 Å². The molecule has 0 atom stereocenters. The van der Waals surface area contributed by atoms with Crippen LogP contribution in [0.4, 0.5) is 0 Å². The highest BCUT2D eigenvalue weighted by Crippen LogP contribution is 2.37. The van der Waals surface area contributed by atoms with E-state index in [9.17, 15) is 4.79 Å². The molecule has 0 bridgehead atoms. The molecule has 0 amide bonds. The smallest absolute Gasteiger partial charge is 0.353 e. The van der Waals surface area contributed by atoms with Gasteiger partial charge < -0.3 is 5.11 Å². The summed E-state index contributed by atoms with van der Waals surface area (Å²) in [5, 5.41) is 15.4. The Balaban J connectivity index is 1.92. The molecule has 1 aliphatic rings. The van der Waals surface area contributed by atoms with Gasteiger partial charge in [-0.1, -0.05) is 24.6 Å². The van der Waals surface area contributed by atoms with Crippen LogP contribution < -0.4 is 0 Å². The molecule has 1 fully saturated rings. The zero-order chi connectivity index (χ0) is 12.5. The molecule has 92 valence electrons. The third-order valence-corrected chi connectivity index (χ3v) is 3.57. The van der Waals surface area contributed by atoms with E-state index in [0.717, 1.165) is 5.56 Å². The van der Waals surface area contributed by atoms with Gasteiger partial charge in [0.2, 0.25) is 0 Å². The van der Waals surface area contributed by atoms with E-state index in [-0.39, 0.29) is 5.69 Å². The average molecular weight is 242 g/mol. The first kappa shape index (κ1) is 11.0. The van der Waals surface area contributed by atoms with Crippen molar-refractivity contribution in [2.45, 2.75) is 25.2 Å². The summed E-state index contributed by atoms with van der Waals surface area (Å²) in [6.07, 6.45) is 3.81. The molecule has 0 spiro atoms. The van der Waals surface area contributed by atoms with Gasteiger partial charge in [0.25, 0.3) is 0 Å². The zero-order valence-corrected chi connectivity index (χ0v) is 9.89. The summed E-state index contributed by atoms with van der Waals surface area (Å²) < 4.78 is 0. The van der Waals surface area contributed by atoms with Gasteiger partial charge in [0, 0.05) is 5.56 Å². The van der Waals surface area contributed by atoms with Gasteiger partial charge in [0.15, 0.2) is 0 Å². The highest BCUT2D eigenvalue weighted by atomic mass is 16.4. The first-order chi connectivity index (χ1) is 8.74. The molecule has 18 heavy (non-hydrogen) atoms. The van der Waals surface area contributed by atoms with Crippen LogP contribution in [0, 0.1) is 0 Å². The summed E-state index contributed by atoms with van der Waals surface area (Å²) in [6.45, 7) is 0. The fraction of sp³-hybridized carbons (Fsp3) is 0.286. The van der Waals surface area contributed by atoms with Crippen LogP contribution in [0.25, 0.3) is 11.3 Å². The van der Waals surface area contributed by atoms with Gasteiger partial charge in [-0.25, -0.2) is 4.79 Å². The third kappa shape index (κ3) is 1.90. The number of H-pyrrole nitrogens is 1. The second-order valence-electron chi connectivity index (χ2n) is 4.73. The Morgan fingerprint density at radius 2 is 2.17 bits per heavy atom. The van der Waals surface area contributed by atoms with Crippen LogP contribution in [-0.4, -0.2) is 21.3 Å². The van der Waals surface area contributed by atoms with Crippen LogP contribution in [0.2, 0.25) is 0 Å². The quantitative estimate of drug-likeness (QED) is 0.869. The molecular formula is C14H14N2O2. The van der Waals surface area contributed by atoms with E-state index in [1.54, 1.807) is 6.07 Å². The molecule has 0 aliphatic heterocycles. The summed E-state index contributed by atoms with van der Waals surface area (Å²) in [5.74, 6) is -0.313. The normalized spacial score (nSPS) is 15.3. The highest BCUT2D eigenvalue weighted by molar-refractivity contribution is 5.86. The first-order valence-electron chi connectivity index (χ1n) is 6.13. The number of benzene rings is 1. The lowest BCUT2D eigenvalue weighted by Crippen LogP contribution is -2.08. The second-order valence-corrected chi connectivity index (χ2v) is 4.73. The molecule has 0 unspecified atom stereocenters. The van der Waals surface area contributed by atoms with Crippen LogP contribution in [0.5, 0.6) is 0 Å². The molecule has 0 radical (unpaired) electrons. The standard InChI is InChI=1S/C14H14N2O2/c17-14(18)13-8-12(15-16-13)11-6-2-5-10(7-11)9-3-1-4-9/h2,5-9H,1,3-4H2,(H,15,16)(H,17,18). The molecule has 4 heteroatoms. The van der Waals surface area contributed by atoms with Crippen LogP contribution in [0.3, 0.4) is 0 Å². The van der Waals surface area contributed by atoms with E-state index in [1.165, 1.54) is 24.8 Å². The van der Waals surface area contributed by atoms with Crippen LogP contribution in [0.1, 0.15) is 41.2 Å². The number of carbonyl (C=O) groups is 1. The number of carboxylic acid groups (broad SMARTS) is 1. The summed E-state index contributed by atoms with van der Waals surface area (Å²) in [4.78, 5) is 10.8. The number of nitrogens with zero attached hydrogens (tertiary/aromatic N) is 1. The molecule has 3 rings (SSSR count). The Morgan fingerprint density at radius 3 is 2.78 bits per heavy atom. The summed E-state index contributed by atoms with van der Waals surface area (Å²) >= 11 is 0. The molecule has 1 saturated carbocycles. The van der Waals surface area contributed by atoms with Crippen LogP contribution in [0.15, 0.2) is 30.3 Å². The number of hydrogen-bond acceptors (Lipinski definition) is 2. The molecule has 1 heterocycles. The maximum Gasteiger partial charge on any atom is 0.353 e. The average Bonchev–Trinajstić information content (AvgIpc) is 2.76. The number of hydrogen-bond donors (Lipinski definition) is 2. The zero-order valence-electron chi connectivity index (χ0n) is 9.89. The molecule has 2 aromatic rings. The SMILES string of the molecule is O=C(O)c1cc(-c2cccc(C3CCC3)c2)n[nH]1. The minimum Gasteiger partial charge on any atom is -0.477 e.